The number of amides is 1. The molecular formula is C18H13N3O4. The molecule has 0 saturated carbocycles. The van der Waals surface area contributed by atoms with E-state index in [0.717, 1.165) is 0 Å². The second-order valence-corrected chi connectivity index (χ2v) is 4.89. The molecule has 0 aliphatic carbocycles. The van der Waals surface area contributed by atoms with Gasteiger partial charge >= 0.3 is 11.9 Å². The van der Waals surface area contributed by atoms with Crippen molar-refractivity contribution in [3.63, 3.8) is 0 Å². The van der Waals surface area contributed by atoms with Gasteiger partial charge in [-0.3, -0.25) is 4.79 Å². The van der Waals surface area contributed by atoms with Crippen LogP contribution in [0, 0.1) is 0 Å². The predicted octanol–water partition coefficient (Wildman–Crippen LogP) is 4.39. The first-order valence-electron chi connectivity index (χ1n) is 7.34. The summed E-state index contributed by atoms with van der Waals surface area (Å²) in [4.78, 5) is 28.4. The summed E-state index contributed by atoms with van der Waals surface area (Å²) in [5, 5.41) is 7.39. The van der Waals surface area contributed by atoms with E-state index in [2.05, 4.69) is 15.7 Å². The number of rotatable bonds is 5. The maximum absolute atomic E-state index is 11.8. The van der Waals surface area contributed by atoms with Crippen LogP contribution in [-0.2, 0) is 4.84 Å². The molecule has 0 aliphatic heterocycles. The molecule has 0 unspecified atom stereocenters. The van der Waals surface area contributed by atoms with Gasteiger partial charge in [0.15, 0.2) is 5.76 Å². The average molecular weight is 335 g/mol. The Bertz CT molecular complexity index is 872. The first-order chi connectivity index (χ1) is 12.2. The van der Waals surface area contributed by atoms with E-state index in [9.17, 15) is 9.59 Å². The zero-order chi connectivity index (χ0) is 17.5. The average Bonchev–Trinajstić information content (AvgIpc) is 3.20. The Balaban J connectivity index is 1.55. The molecular weight excluding hydrogens is 322 g/mol. The van der Waals surface area contributed by atoms with E-state index in [1.807, 2.05) is 6.07 Å². The lowest BCUT2D eigenvalue weighted by Gasteiger charge is -2.06. The van der Waals surface area contributed by atoms with Gasteiger partial charge in [0.05, 0.1) is 23.2 Å². The number of nitrogens with zero attached hydrogens (tertiary/aromatic N) is 2. The quantitative estimate of drug-likeness (QED) is 0.551. The lowest BCUT2D eigenvalue weighted by Crippen LogP contribution is -2.10. The molecule has 0 fully saturated rings. The summed E-state index contributed by atoms with van der Waals surface area (Å²) in [6.45, 7) is 0. The second kappa shape index (κ2) is 7.69. The van der Waals surface area contributed by atoms with Crippen LogP contribution in [0.5, 0.6) is 0 Å². The Hall–Kier alpha value is -3.74. The minimum absolute atomic E-state index is 0.120. The number of carbonyl (C=O) groups is 2. The molecule has 2 aromatic carbocycles. The molecule has 3 rings (SSSR count). The molecule has 0 aliphatic rings. The summed E-state index contributed by atoms with van der Waals surface area (Å²) in [5.74, 6) is -0.938. The van der Waals surface area contributed by atoms with E-state index in [1.54, 1.807) is 54.6 Å². The van der Waals surface area contributed by atoms with E-state index in [1.165, 1.54) is 12.3 Å². The van der Waals surface area contributed by atoms with Gasteiger partial charge in [-0.2, -0.15) is 0 Å². The minimum Gasteiger partial charge on any atom is -0.459 e. The van der Waals surface area contributed by atoms with Crippen molar-refractivity contribution in [2.24, 2.45) is 10.2 Å². The third kappa shape index (κ3) is 4.38. The number of anilines is 1. The molecule has 1 amide bonds. The van der Waals surface area contributed by atoms with E-state index < -0.39 is 11.9 Å². The molecule has 7 nitrogen and oxygen atoms in total. The van der Waals surface area contributed by atoms with Crippen molar-refractivity contribution in [2.45, 2.75) is 0 Å². The summed E-state index contributed by atoms with van der Waals surface area (Å²) in [6, 6.07) is 18.3. The van der Waals surface area contributed by atoms with Crippen molar-refractivity contribution in [3.05, 3.63) is 84.3 Å². The summed E-state index contributed by atoms with van der Waals surface area (Å²) in [5.41, 5.74) is 4.02. The molecule has 0 bridgehead atoms. The van der Waals surface area contributed by atoms with Crippen molar-refractivity contribution in [1.82, 2.24) is 0 Å². The molecule has 0 atom stereocenters. The van der Waals surface area contributed by atoms with Gasteiger partial charge < -0.3 is 9.25 Å². The Morgan fingerprint density at radius 3 is 2.36 bits per heavy atom. The Morgan fingerprint density at radius 1 is 0.920 bits per heavy atom. The van der Waals surface area contributed by atoms with Crippen LogP contribution in [0.1, 0.15) is 20.9 Å². The van der Waals surface area contributed by atoms with E-state index in [-0.39, 0.29) is 5.76 Å². The third-order valence-corrected chi connectivity index (χ3v) is 3.13. The van der Waals surface area contributed by atoms with Crippen LogP contribution >= 0.6 is 0 Å². The first-order valence-corrected chi connectivity index (χ1v) is 7.34. The monoisotopic (exact) mass is 335 g/mol. The maximum Gasteiger partial charge on any atom is 0.362 e. The highest BCUT2D eigenvalue weighted by atomic mass is 16.7. The largest absolute Gasteiger partial charge is 0.459 e. The highest BCUT2D eigenvalue weighted by Crippen LogP contribution is 2.17. The molecule has 3 aromatic rings. The molecule has 0 spiro atoms. The maximum atomic E-state index is 11.8. The van der Waals surface area contributed by atoms with Gasteiger partial charge in [0.25, 0.3) is 0 Å². The smallest absolute Gasteiger partial charge is 0.362 e. The fourth-order valence-corrected chi connectivity index (χ4v) is 1.89. The van der Waals surface area contributed by atoms with Crippen molar-refractivity contribution in [3.8, 4) is 0 Å². The van der Waals surface area contributed by atoms with E-state index in [0.29, 0.717) is 16.9 Å². The lowest BCUT2D eigenvalue weighted by atomic mass is 10.2. The van der Waals surface area contributed by atoms with Gasteiger partial charge in [-0.1, -0.05) is 18.2 Å². The standard InChI is InChI=1S/C18H13N3O4/c22-17(16-7-4-12-24-16)20-19-14-8-10-15(11-9-14)21-25-18(23)13-5-2-1-3-6-13/h1-12,21H. The molecule has 1 N–H and O–H groups in total. The number of azo groups is 1. The van der Waals surface area contributed by atoms with Gasteiger partial charge in [-0.25, -0.2) is 10.3 Å². The molecule has 124 valence electrons. The van der Waals surface area contributed by atoms with Crippen molar-refractivity contribution < 1.29 is 18.8 Å². The third-order valence-electron chi connectivity index (χ3n) is 3.13. The molecule has 1 heterocycles. The normalized spacial score (nSPS) is 10.6. The highest BCUT2D eigenvalue weighted by molar-refractivity contribution is 5.91. The van der Waals surface area contributed by atoms with Gasteiger partial charge in [0.2, 0.25) is 0 Å². The molecule has 0 saturated heterocycles. The van der Waals surface area contributed by atoms with Gasteiger partial charge in [-0.05, 0) is 48.5 Å². The summed E-state index contributed by atoms with van der Waals surface area (Å²) >= 11 is 0. The Morgan fingerprint density at radius 2 is 1.68 bits per heavy atom. The van der Waals surface area contributed by atoms with Crippen LogP contribution in [0.4, 0.5) is 11.4 Å². The Kier molecular flexibility index (Phi) is 4.96. The molecule has 0 radical (unpaired) electrons. The molecule has 25 heavy (non-hydrogen) atoms. The van der Waals surface area contributed by atoms with Crippen LogP contribution in [0.15, 0.2) is 87.6 Å². The minimum atomic E-state index is -0.566. The number of furan rings is 1. The van der Waals surface area contributed by atoms with Crippen molar-refractivity contribution in [1.29, 1.82) is 0 Å². The number of hydrogen-bond donors (Lipinski definition) is 1. The number of benzene rings is 2. The van der Waals surface area contributed by atoms with E-state index >= 15 is 0 Å². The summed E-state index contributed by atoms with van der Waals surface area (Å²) in [7, 11) is 0. The fraction of sp³-hybridized carbons (Fsp3) is 0. The lowest BCUT2D eigenvalue weighted by molar-refractivity contribution is 0.0596. The topological polar surface area (TPSA) is 93.3 Å². The van der Waals surface area contributed by atoms with Crippen LogP contribution in [-0.4, -0.2) is 11.9 Å². The van der Waals surface area contributed by atoms with Crippen molar-refractivity contribution >= 4 is 23.3 Å². The van der Waals surface area contributed by atoms with Crippen LogP contribution in [0.2, 0.25) is 0 Å². The van der Waals surface area contributed by atoms with Crippen LogP contribution in [0.3, 0.4) is 0 Å². The predicted molar refractivity (Wildman–Crippen MR) is 89.5 cm³/mol. The zero-order valence-electron chi connectivity index (χ0n) is 13.0. The number of nitrogens with one attached hydrogen (secondary N) is 1. The van der Waals surface area contributed by atoms with Gasteiger partial charge in [-0.15, -0.1) is 10.2 Å². The van der Waals surface area contributed by atoms with Crippen LogP contribution < -0.4 is 5.48 Å². The van der Waals surface area contributed by atoms with Crippen molar-refractivity contribution in [2.75, 3.05) is 5.48 Å². The summed E-state index contributed by atoms with van der Waals surface area (Å²) < 4.78 is 4.93. The fourth-order valence-electron chi connectivity index (χ4n) is 1.89. The number of carbonyl (C=O) groups excluding carboxylic acids is 2. The van der Waals surface area contributed by atoms with Gasteiger partial charge in [0, 0.05) is 0 Å². The Labute approximate surface area is 142 Å². The SMILES string of the molecule is O=C(ONc1ccc(N=NC(=O)c2ccco2)cc1)c1ccccc1. The summed E-state index contributed by atoms with van der Waals surface area (Å²) in [6.07, 6.45) is 1.39. The van der Waals surface area contributed by atoms with E-state index in [4.69, 9.17) is 9.25 Å². The van der Waals surface area contributed by atoms with Gasteiger partial charge in [0.1, 0.15) is 0 Å². The first kappa shape index (κ1) is 16.1. The highest BCUT2D eigenvalue weighted by Gasteiger charge is 2.07. The molecule has 1 aromatic heterocycles. The second-order valence-electron chi connectivity index (χ2n) is 4.89. The van der Waals surface area contributed by atoms with Crippen LogP contribution in [0.25, 0.3) is 0 Å². The number of hydrogen-bond acceptors (Lipinski definition) is 6. The zero-order valence-corrected chi connectivity index (χ0v) is 13.0. The molecule has 7 heteroatoms.